The van der Waals surface area contributed by atoms with Crippen LogP contribution in [0.5, 0.6) is 0 Å². The van der Waals surface area contributed by atoms with Gasteiger partial charge in [-0.2, -0.15) is 0 Å². The maximum atomic E-state index is 13.6. The summed E-state index contributed by atoms with van der Waals surface area (Å²) in [5, 5.41) is 2.95. The highest BCUT2D eigenvalue weighted by Gasteiger charge is 2.59. The second-order valence-corrected chi connectivity index (χ2v) is 7.80. The van der Waals surface area contributed by atoms with Gasteiger partial charge in [-0.15, -0.1) is 0 Å². The van der Waals surface area contributed by atoms with Crippen LogP contribution in [0, 0.1) is 5.82 Å². The van der Waals surface area contributed by atoms with Gasteiger partial charge >= 0.3 is 6.09 Å². The Kier molecular flexibility index (Phi) is 4.23. The van der Waals surface area contributed by atoms with Crippen molar-refractivity contribution < 1.29 is 23.5 Å². The van der Waals surface area contributed by atoms with Crippen LogP contribution < -0.4 is 5.32 Å². The minimum atomic E-state index is -0.963. The number of carbonyl (C=O) groups is 3. The molecule has 0 aromatic heterocycles. The Morgan fingerprint density at radius 2 is 1.90 bits per heavy atom. The van der Waals surface area contributed by atoms with Gasteiger partial charge in [-0.25, -0.2) is 9.18 Å². The standard InChI is InChI=1S/C22H20FN3O4/c23-15-7-5-14(6-8-15)19-22(16-3-1-2-4-17(16)24-20(22)28)9-10-26(19)18(27)13-25-11-12-30-21(25)29/h1-8,19H,9-13H2,(H,24,28)/t19-,22+/m0/s1. The SMILES string of the molecule is O=C1OCCN1CC(=O)N1CC[C@]2(C(=O)Nc3ccccc32)[C@@H]1c1ccc(F)cc1. The Hall–Kier alpha value is -3.42. The molecule has 2 fully saturated rings. The number of rotatable bonds is 3. The Balaban J connectivity index is 1.57. The molecule has 5 rings (SSSR count). The molecule has 2 saturated heterocycles. The van der Waals surface area contributed by atoms with E-state index in [-0.39, 0.29) is 30.8 Å². The summed E-state index contributed by atoms with van der Waals surface area (Å²) in [6, 6.07) is 12.8. The number of halogens is 1. The van der Waals surface area contributed by atoms with E-state index in [1.54, 1.807) is 17.0 Å². The number of benzene rings is 2. The second-order valence-electron chi connectivity index (χ2n) is 7.80. The van der Waals surface area contributed by atoms with Crippen molar-refractivity contribution in [2.45, 2.75) is 17.9 Å². The number of hydrogen-bond acceptors (Lipinski definition) is 4. The number of hydrogen-bond donors (Lipinski definition) is 1. The molecule has 3 aliphatic heterocycles. The third-order valence-corrected chi connectivity index (χ3v) is 6.26. The van der Waals surface area contributed by atoms with Gasteiger partial charge < -0.3 is 15.0 Å². The van der Waals surface area contributed by atoms with Crippen molar-refractivity contribution in [3.63, 3.8) is 0 Å². The molecule has 3 aliphatic rings. The molecule has 8 heteroatoms. The molecule has 0 unspecified atom stereocenters. The van der Waals surface area contributed by atoms with Crippen LogP contribution in [0.2, 0.25) is 0 Å². The average molecular weight is 409 g/mol. The largest absolute Gasteiger partial charge is 0.448 e. The normalized spacial score (nSPS) is 24.9. The summed E-state index contributed by atoms with van der Waals surface area (Å²) in [5.74, 6) is -0.828. The molecule has 2 atom stereocenters. The molecule has 3 heterocycles. The third-order valence-electron chi connectivity index (χ3n) is 6.26. The van der Waals surface area contributed by atoms with Crippen LogP contribution in [-0.2, 0) is 19.7 Å². The lowest BCUT2D eigenvalue weighted by Gasteiger charge is -2.35. The third kappa shape index (κ3) is 2.67. The van der Waals surface area contributed by atoms with Gasteiger partial charge in [0, 0.05) is 12.2 Å². The van der Waals surface area contributed by atoms with Gasteiger partial charge in [0.1, 0.15) is 24.4 Å². The fourth-order valence-corrected chi connectivity index (χ4v) is 4.89. The van der Waals surface area contributed by atoms with E-state index in [0.29, 0.717) is 25.1 Å². The highest BCUT2D eigenvalue weighted by Crippen LogP contribution is 2.54. The van der Waals surface area contributed by atoms with Crippen LogP contribution in [0.15, 0.2) is 48.5 Å². The summed E-state index contributed by atoms with van der Waals surface area (Å²) in [6.07, 6.45) is -0.0757. The molecule has 0 saturated carbocycles. The van der Waals surface area contributed by atoms with Gasteiger partial charge in [-0.1, -0.05) is 30.3 Å². The minimum Gasteiger partial charge on any atom is -0.448 e. The first-order chi connectivity index (χ1) is 14.5. The number of carbonyl (C=O) groups excluding carboxylic acids is 3. The van der Waals surface area contributed by atoms with Gasteiger partial charge in [0.15, 0.2) is 0 Å². The lowest BCUT2D eigenvalue weighted by atomic mass is 9.72. The predicted octanol–water partition coefficient (Wildman–Crippen LogP) is 2.44. The fourth-order valence-electron chi connectivity index (χ4n) is 4.89. The Bertz CT molecular complexity index is 1040. The molecule has 0 aliphatic carbocycles. The van der Waals surface area contributed by atoms with Gasteiger partial charge in [0.05, 0.1) is 12.6 Å². The van der Waals surface area contributed by atoms with Gasteiger partial charge in [0.2, 0.25) is 11.8 Å². The number of nitrogens with zero attached hydrogens (tertiary/aromatic N) is 2. The monoisotopic (exact) mass is 409 g/mol. The summed E-state index contributed by atoms with van der Waals surface area (Å²) in [4.78, 5) is 41.3. The first-order valence-electron chi connectivity index (χ1n) is 9.88. The van der Waals surface area contributed by atoms with E-state index < -0.39 is 17.6 Å². The van der Waals surface area contributed by atoms with Gasteiger partial charge in [-0.05, 0) is 35.7 Å². The second kappa shape index (κ2) is 6.83. The predicted molar refractivity (Wildman–Crippen MR) is 105 cm³/mol. The fraction of sp³-hybridized carbons (Fsp3) is 0.318. The Morgan fingerprint density at radius 1 is 1.13 bits per heavy atom. The summed E-state index contributed by atoms with van der Waals surface area (Å²) in [5.41, 5.74) is 1.28. The van der Waals surface area contributed by atoms with E-state index in [2.05, 4.69) is 5.32 Å². The molecule has 30 heavy (non-hydrogen) atoms. The van der Waals surface area contributed by atoms with E-state index >= 15 is 0 Å². The maximum Gasteiger partial charge on any atom is 0.410 e. The van der Waals surface area contributed by atoms with Crippen molar-refractivity contribution in [2.75, 3.05) is 31.6 Å². The smallest absolute Gasteiger partial charge is 0.410 e. The number of anilines is 1. The number of likely N-dealkylation sites (tertiary alicyclic amines) is 1. The first kappa shape index (κ1) is 18.6. The van der Waals surface area contributed by atoms with Crippen molar-refractivity contribution in [3.8, 4) is 0 Å². The van der Waals surface area contributed by atoms with Crippen LogP contribution in [0.25, 0.3) is 0 Å². The van der Waals surface area contributed by atoms with Gasteiger partial charge in [-0.3, -0.25) is 14.5 Å². The molecule has 7 nitrogen and oxygen atoms in total. The highest BCUT2D eigenvalue weighted by molar-refractivity contribution is 6.07. The first-order valence-corrected chi connectivity index (χ1v) is 9.88. The average Bonchev–Trinajstić information content (AvgIpc) is 3.41. The molecule has 154 valence electrons. The quantitative estimate of drug-likeness (QED) is 0.845. The number of cyclic esters (lactones) is 1. The zero-order valence-corrected chi connectivity index (χ0v) is 16.1. The number of fused-ring (bicyclic) bond motifs is 2. The van der Waals surface area contributed by atoms with Gasteiger partial charge in [0.25, 0.3) is 0 Å². The van der Waals surface area contributed by atoms with E-state index in [0.717, 1.165) is 11.3 Å². The molecule has 1 spiro atoms. The van der Waals surface area contributed by atoms with E-state index in [1.807, 2.05) is 24.3 Å². The molecule has 3 amide bonds. The zero-order chi connectivity index (χ0) is 20.9. The van der Waals surface area contributed by atoms with Crippen molar-refractivity contribution in [1.29, 1.82) is 0 Å². The topological polar surface area (TPSA) is 79.0 Å². The van der Waals surface area contributed by atoms with Crippen molar-refractivity contribution >= 4 is 23.6 Å². The van der Waals surface area contributed by atoms with Crippen LogP contribution in [-0.4, -0.2) is 53.9 Å². The molecule has 2 aromatic rings. The van der Waals surface area contributed by atoms with E-state index in [1.165, 1.54) is 17.0 Å². The van der Waals surface area contributed by atoms with Crippen molar-refractivity contribution in [1.82, 2.24) is 9.80 Å². The Morgan fingerprint density at radius 3 is 2.63 bits per heavy atom. The number of amides is 3. The maximum absolute atomic E-state index is 13.6. The molecule has 1 N–H and O–H groups in total. The molecule has 0 radical (unpaired) electrons. The molecule has 0 bridgehead atoms. The van der Waals surface area contributed by atoms with Crippen LogP contribution in [0.1, 0.15) is 23.6 Å². The van der Waals surface area contributed by atoms with E-state index in [9.17, 15) is 18.8 Å². The highest BCUT2D eigenvalue weighted by atomic mass is 19.1. The zero-order valence-electron chi connectivity index (χ0n) is 16.1. The summed E-state index contributed by atoms with van der Waals surface area (Å²) in [7, 11) is 0. The summed E-state index contributed by atoms with van der Waals surface area (Å²) >= 11 is 0. The molecular formula is C22H20FN3O4. The van der Waals surface area contributed by atoms with Crippen LogP contribution >= 0.6 is 0 Å². The number of para-hydroxylation sites is 1. The summed E-state index contributed by atoms with van der Waals surface area (Å²) < 4.78 is 18.5. The van der Waals surface area contributed by atoms with E-state index in [4.69, 9.17) is 4.74 Å². The molecule has 2 aromatic carbocycles. The molecular weight excluding hydrogens is 389 g/mol. The van der Waals surface area contributed by atoms with Crippen molar-refractivity contribution in [3.05, 3.63) is 65.5 Å². The lowest BCUT2D eigenvalue weighted by molar-refractivity contribution is -0.134. The van der Waals surface area contributed by atoms with Crippen LogP contribution in [0.4, 0.5) is 14.9 Å². The Labute approximate surface area is 172 Å². The minimum absolute atomic E-state index is 0.115. The number of ether oxygens (including phenoxy) is 1. The summed E-state index contributed by atoms with van der Waals surface area (Å²) in [6.45, 7) is 0.850. The van der Waals surface area contributed by atoms with Crippen LogP contribution in [0.3, 0.4) is 0 Å². The number of nitrogens with one attached hydrogen (secondary N) is 1. The van der Waals surface area contributed by atoms with Crippen molar-refractivity contribution in [2.24, 2.45) is 0 Å². The lowest BCUT2D eigenvalue weighted by Crippen LogP contribution is -2.45.